The lowest BCUT2D eigenvalue weighted by Gasteiger charge is -2.35. The molecule has 1 unspecified atom stereocenters. The van der Waals surface area contributed by atoms with Crippen molar-refractivity contribution in [3.63, 3.8) is 0 Å². The molecule has 0 spiro atoms. The molecule has 1 saturated carbocycles. The molecule has 2 aliphatic rings. The fourth-order valence-electron chi connectivity index (χ4n) is 6.53. The van der Waals surface area contributed by atoms with Crippen molar-refractivity contribution in [2.24, 2.45) is 11.8 Å². The molecule has 6 rings (SSSR count). The number of halogens is 3. The molecule has 0 radical (unpaired) electrons. The van der Waals surface area contributed by atoms with Crippen LogP contribution in [0.5, 0.6) is 0 Å². The second kappa shape index (κ2) is 12.5. The number of carbonyl (C=O) groups excluding carboxylic acids is 2. The van der Waals surface area contributed by atoms with E-state index in [0.717, 1.165) is 16.7 Å². The topological polar surface area (TPSA) is 101 Å². The molecule has 1 saturated heterocycles. The molecule has 2 atom stereocenters. The number of imidazole rings is 1. The van der Waals surface area contributed by atoms with E-state index in [9.17, 15) is 22.8 Å². The van der Waals surface area contributed by atoms with Gasteiger partial charge in [0.25, 0.3) is 5.91 Å². The minimum atomic E-state index is -4.69. The van der Waals surface area contributed by atoms with Crippen LogP contribution in [0, 0.1) is 31.1 Å². The van der Waals surface area contributed by atoms with Crippen LogP contribution in [0.15, 0.2) is 43.0 Å². The molecule has 4 aromatic rings. The van der Waals surface area contributed by atoms with E-state index in [2.05, 4.69) is 33.2 Å². The summed E-state index contributed by atoms with van der Waals surface area (Å²) in [6.07, 6.45) is 10.3. The molecule has 1 N–H and O–H groups in total. The van der Waals surface area contributed by atoms with Crippen molar-refractivity contribution in [3.8, 4) is 23.6 Å². The predicted molar refractivity (Wildman–Crippen MR) is 166 cm³/mol. The van der Waals surface area contributed by atoms with Crippen molar-refractivity contribution in [2.45, 2.75) is 52.3 Å². The number of carbonyl (C=O) groups is 2. The minimum absolute atomic E-state index is 0.0930. The van der Waals surface area contributed by atoms with Gasteiger partial charge in [-0.15, -0.1) is 6.42 Å². The van der Waals surface area contributed by atoms with Gasteiger partial charge in [0, 0.05) is 62.4 Å². The molecule has 3 aromatic heterocycles. The fourth-order valence-corrected chi connectivity index (χ4v) is 6.53. The van der Waals surface area contributed by atoms with Gasteiger partial charge in [0.2, 0.25) is 5.91 Å². The summed E-state index contributed by atoms with van der Waals surface area (Å²) < 4.78 is 44.0. The SMILES string of the molecule is C#CCn1cc(-c2cnc3c(Nc4ccc(C(=O)N5CCN(C(=O)CC6CCC[C@@H]6C)CC5)c(C)c4)nccn23)c(C(F)(F)F)n1. The van der Waals surface area contributed by atoms with E-state index in [-0.39, 0.29) is 29.6 Å². The van der Waals surface area contributed by atoms with E-state index in [1.165, 1.54) is 42.0 Å². The van der Waals surface area contributed by atoms with Crippen LogP contribution in [-0.4, -0.2) is 71.9 Å². The Balaban J connectivity index is 1.15. The highest BCUT2D eigenvalue weighted by molar-refractivity contribution is 5.96. The highest BCUT2D eigenvalue weighted by Gasteiger charge is 2.38. The number of aryl methyl sites for hydroxylation is 1. The molecule has 240 valence electrons. The summed E-state index contributed by atoms with van der Waals surface area (Å²) in [7, 11) is 0. The van der Waals surface area contributed by atoms with Gasteiger partial charge in [-0.05, 0) is 48.9 Å². The van der Waals surface area contributed by atoms with Gasteiger partial charge in [0.1, 0.15) is 6.54 Å². The lowest BCUT2D eigenvalue weighted by molar-refractivity contribution is -0.141. The molecular formula is C33H35F3N8O2. The molecule has 46 heavy (non-hydrogen) atoms. The average molecular weight is 633 g/mol. The Morgan fingerprint density at radius 3 is 2.54 bits per heavy atom. The fraction of sp³-hybridized carbons (Fsp3) is 0.424. The Morgan fingerprint density at radius 2 is 1.87 bits per heavy atom. The molecular weight excluding hydrogens is 597 g/mol. The number of hydrogen-bond acceptors (Lipinski definition) is 6. The number of nitrogens with zero attached hydrogens (tertiary/aromatic N) is 7. The van der Waals surface area contributed by atoms with Crippen molar-refractivity contribution in [3.05, 3.63) is 59.8 Å². The van der Waals surface area contributed by atoms with Gasteiger partial charge >= 0.3 is 6.18 Å². The molecule has 1 aliphatic carbocycles. The first-order valence-electron chi connectivity index (χ1n) is 15.4. The van der Waals surface area contributed by atoms with Crippen molar-refractivity contribution >= 4 is 29.0 Å². The van der Waals surface area contributed by atoms with Crippen LogP contribution in [-0.2, 0) is 17.5 Å². The monoisotopic (exact) mass is 632 g/mol. The summed E-state index contributed by atoms with van der Waals surface area (Å²) in [4.78, 5) is 38.7. The number of rotatable bonds is 7. The van der Waals surface area contributed by atoms with Crippen molar-refractivity contribution in [1.29, 1.82) is 0 Å². The molecule has 2 amide bonds. The van der Waals surface area contributed by atoms with Crippen LogP contribution in [0.2, 0.25) is 0 Å². The summed E-state index contributed by atoms with van der Waals surface area (Å²) in [5.74, 6) is 3.77. The third kappa shape index (κ3) is 6.16. The van der Waals surface area contributed by atoms with Crippen LogP contribution >= 0.6 is 0 Å². The number of piperazine rings is 1. The lowest BCUT2D eigenvalue weighted by Crippen LogP contribution is -2.51. The minimum Gasteiger partial charge on any atom is -0.339 e. The van der Waals surface area contributed by atoms with Gasteiger partial charge < -0.3 is 15.1 Å². The molecule has 2 fully saturated rings. The number of benzene rings is 1. The van der Waals surface area contributed by atoms with Gasteiger partial charge in [0.15, 0.2) is 17.2 Å². The lowest BCUT2D eigenvalue weighted by atomic mass is 9.94. The van der Waals surface area contributed by atoms with E-state index in [0.29, 0.717) is 67.2 Å². The average Bonchev–Trinajstić information content (AvgIpc) is 3.76. The third-order valence-electron chi connectivity index (χ3n) is 9.10. The van der Waals surface area contributed by atoms with Gasteiger partial charge in [-0.3, -0.25) is 18.7 Å². The number of terminal acetylenes is 1. The Morgan fingerprint density at radius 1 is 1.11 bits per heavy atom. The van der Waals surface area contributed by atoms with Crippen LogP contribution in [0.3, 0.4) is 0 Å². The first kappa shape index (κ1) is 31.1. The highest BCUT2D eigenvalue weighted by Crippen LogP contribution is 2.37. The largest absolute Gasteiger partial charge is 0.435 e. The second-order valence-corrected chi connectivity index (χ2v) is 12.1. The molecule has 0 bridgehead atoms. The van der Waals surface area contributed by atoms with E-state index in [1.54, 1.807) is 17.0 Å². The van der Waals surface area contributed by atoms with Crippen molar-refractivity contribution in [1.82, 2.24) is 33.9 Å². The standard InChI is InChI=1S/C33H35F3N8O2/c1-4-11-43-20-26(29(40-43)33(34,35)36)27-19-38-31-30(37-10-12-44(27)31)39-24-8-9-25(22(3)17-24)32(46)42-15-13-41(14-16-42)28(45)18-23-7-5-6-21(23)2/h1,8-10,12,17,19-21,23H,5-7,11,13-16,18H2,2-3H3,(H,37,39)/t21-,23?/m0/s1. The van der Waals surface area contributed by atoms with E-state index in [1.807, 2.05) is 17.9 Å². The summed E-state index contributed by atoms with van der Waals surface area (Å²) in [5.41, 5.74) is 1.22. The third-order valence-corrected chi connectivity index (χ3v) is 9.10. The number of amides is 2. The maximum absolute atomic E-state index is 13.8. The van der Waals surface area contributed by atoms with E-state index in [4.69, 9.17) is 6.42 Å². The first-order chi connectivity index (χ1) is 22.0. The Labute approximate surface area is 264 Å². The summed E-state index contributed by atoms with van der Waals surface area (Å²) >= 11 is 0. The number of nitrogens with one attached hydrogen (secondary N) is 1. The first-order valence-corrected chi connectivity index (χ1v) is 15.4. The molecule has 1 aliphatic heterocycles. The molecule has 1 aromatic carbocycles. The summed E-state index contributed by atoms with van der Waals surface area (Å²) in [6, 6.07) is 5.31. The normalized spacial score (nSPS) is 18.6. The zero-order chi connectivity index (χ0) is 32.6. The van der Waals surface area contributed by atoms with Gasteiger partial charge in [0.05, 0.1) is 17.5 Å². The van der Waals surface area contributed by atoms with Crippen molar-refractivity contribution < 1.29 is 22.8 Å². The van der Waals surface area contributed by atoms with E-state index >= 15 is 0 Å². The van der Waals surface area contributed by atoms with Gasteiger partial charge in [-0.25, -0.2) is 9.97 Å². The van der Waals surface area contributed by atoms with Crippen LogP contribution in [0.25, 0.3) is 16.9 Å². The number of hydrogen-bond donors (Lipinski definition) is 1. The van der Waals surface area contributed by atoms with Gasteiger partial charge in [-0.2, -0.15) is 18.3 Å². The molecule has 10 nitrogen and oxygen atoms in total. The Hall–Kier alpha value is -4.86. The zero-order valence-electron chi connectivity index (χ0n) is 25.7. The van der Waals surface area contributed by atoms with Crippen LogP contribution in [0.4, 0.5) is 24.7 Å². The van der Waals surface area contributed by atoms with E-state index < -0.39 is 11.9 Å². The highest BCUT2D eigenvalue weighted by atomic mass is 19.4. The van der Waals surface area contributed by atoms with Crippen molar-refractivity contribution in [2.75, 3.05) is 31.5 Å². The van der Waals surface area contributed by atoms with Gasteiger partial charge in [-0.1, -0.05) is 25.7 Å². The number of anilines is 2. The molecule has 4 heterocycles. The summed E-state index contributed by atoms with van der Waals surface area (Å²) in [5, 5.41) is 6.84. The summed E-state index contributed by atoms with van der Waals surface area (Å²) in [6.45, 7) is 5.98. The number of aromatic nitrogens is 5. The second-order valence-electron chi connectivity index (χ2n) is 12.1. The number of alkyl halides is 3. The number of fused-ring (bicyclic) bond motifs is 1. The molecule has 13 heteroatoms. The zero-order valence-corrected chi connectivity index (χ0v) is 25.7. The Bertz CT molecular complexity index is 1810. The predicted octanol–water partition coefficient (Wildman–Crippen LogP) is 5.41. The maximum atomic E-state index is 13.8. The Kier molecular flexibility index (Phi) is 8.46. The maximum Gasteiger partial charge on any atom is 0.435 e. The van der Waals surface area contributed by atoms with Crippen LogP contribution in [0.1, 0.15) is 54.2 Å². The smallest absolute Gasteiger partial charge is 0.339 e. The van der Waals surface area contributed by atoms with Crippen LogP contribution < -0.4 is 5.32 Å². The quantitative estimate of drug-likeness (QED) is 0.274.